The number of carbonyl (C=O) groups is 4. The molecule has 3 rings (SSSR count). The van der Waals surface area contributed by atoms with Crippen LogP contribution >= 0.6 is 21.6 Å². The first kappa shape index (κ1) is 49.0. The summed E-state index contributed by atoms with van der Waals surface area (Å²) in [6, 6.07) is 19.2. The van der Waals surface area contributed by atoms with E-state index in [9.17, 15) is 39.6 Å². The molecule has 1 aromatic heterocycles. The molecule has 2 amide bonds. The third-order valence-corrected chi connectivity index (χ3v) is 11.1. The SMILES string of the molecule is C=C\C=C/C(/C=C/c1ccc(N(CCO)CCO)cc1)=N/CC(=O)NC(C=O)CSSCC(C=O)NC(=O)C[n+]1ccccc1/C=C/c1ccc(N(CCO)CCO)cc1. The Morgan fingerprint density at radius 2 is 1.22 bits per heavy atom. The van der Waals surface area contributed by atoms with Gasteiger partial charge in [0.2, 0.25) is 18.1 Å². The molecule has 320 valence electrons. The van der Waals surface area contributed by atoms with Crippen LogP contribution in [0.2, 0.25) is 0 Å². The number of hydrogen-bond donors (Lipinski definition) is 6. The first-order valence-electron chi connectivity index (χ1n) is 19.3. The number of aliphatic hydroxyl groups excluding tert-OH is 4. The van der Waals surface area contributed by atoms with Crippen molar-refractivity contribution in [2.45, 2.75) is 18.6 Å². The summed E-state index contributed by atoms with van der Waals surface area (Å²) in [6.07, 6.45) is 15.4. The Balaban J connectivity index is 1.47. The summed E-state index contributed by atoms with van der Waals surface area (Å²) in [7, 11) is 2.59. The second kappa shape index (κ2) is 29.0. The van der Waals surface area contributed by atoms with E-state index in [1.54, 1.807) is 35.1 Å². The number of carbonyl (C=O) groups excluding carboxylic acids is 4. The largest absolute Gasteiger partial charge is 0.395 e. The van der Waals surface area contributed by atoms with Crippen LogP contribution in [0.25, 0.3) is 18.2 Å². The van der Waals surface area contributed by atoms with E-state index in [1.807, 2.05) is 94.8 Å². The smallest absolute Gasteiger partial charge is 0.286 e. The van der Waals surface area contributed by atoms with Crippen LogP contribution in [0.4, 0.5) is 11.4 Å². The molecular weight excluding hydrogens is 805 g/mol. The van der Waals surface area contributed by atoms with Gasteiger partial charge in [0.05, 0.1) is 44.2 Å². The molecule has 1 heterocycles. The monoisotopic (exact) mass is 859 g/mol. The van der Waals surface area contributed by atoms with Crippen molar-refractivity contribution in [1.29, 1.82) is 0 Å². The molecule has 14 nitrogen and oxygen atoms in total. The fourth-order valence-electron chi connectivity index (χ4n) is 5.59. The molecular formula is C44H55N6O8S2+. The van der Waals surface area contributed by atoms with E-state index in [0.29, 0.717) is 44.5 Å². The Kier molecular flexibility index (Phi) is 23.7. The number of hydrogen-bond acceptors (Lipinski definition) is 13. The number of amides is 2. The van der Waals surface area contributed by atoms with E-state index < -0.39 is 18.0 Å². The molecule has 16 heteroatoms. The minimum absolute atomic E-state index is 0.0213. The van der Waals surface area contributed by atoms with Gasteiger partial charge in [0.1, 0.15) is 19.1 Å². The zero-order valence-corrected chi connectivity index (χ0v) is 35.1. The van der Waals surface area contributed by atoms with Crippen molar-refractivity contribution in [3.05, 3.63) is 121 Å². The van der Waals surface area contributed by atoms with Gasteiger partial charge in [-0.3, -0.25) is 14.6 Å². The van der Waals surface area contributed by atoms with Crippen LogP contribution in [0.5, 0.6) is 0 Å². The molecule has 0 bridgehead atoms. The zero-order valence-electron chi connectivity index (χ0n) is 33.5. The first-order chi connectivity index (χ1) is 29.3. The van der Waals surface area contributed by atoms with Gasteiger partial charge in [-0.05, 0) is 59.7 Å². The van der Waals surface area contributed by atoms with Crippen LogP contribution in [-0.2, 0) is 25.7 Å². The van der Waals surface area contributed by atoms with Gasteiger partial charge in [-0.2, -0.15) is 4.57 Å². The van der Waals surface area contributed by atoms with Crippen LogP contribution in [0.1, 0.15) is 16.8 Å². The topological polar surface area (TPSA) is 196 Å². The summed E-state index contributed by atoms with van der Waals surface area (Å²) in [5.74, 6) is -0.319. The van der Waals surface area contributed by atoms with Crippen molar-refractivity contribution in [3.8, 4) is 0 Å². The standard InChI is InChI=1S/C44H54N6O8S2/c1-2-3-6-37(14-8-35-10-16-41(17-11-35)48(21-25-51)22-26-52)45-29-43(57)46-38(31-55)33-59-60-34-39(32-56)47-44(58)30-50-20-5-4-7-40(50)15-9-36-12-18-42(19-13-36)49(23-27-53)24-28-54/h2-20,31-32,38-39,51-54H,1,21-30,33-34H2,(H-,46,47,57,58)/p+1/b6-3-,14-8+,45-37-. The highest BCUT2D eigenvalue weighted by atomic mass is 33.1. The Bertz CT molecular complexity index is 1890. The van der Waals surface area contributed by atoms with Gasteiger partial charge in [-0.1, -0.05) is 70.7 Å². The van der Waals surface area contributed by atoms with Crippen molar-refractivity contribution in [1.82, 2.24) is 10.6 Å². The van der Waals surface area contributed by atoms with Gasteiger partial charge in [0, 0.05) is 67.3 Å². The van der Waals surface area contributed by atoms with Gasteiger partial charge in [-0.15, -0.1) is 0 Å². The molecule has 0 fully saturated rings. The predicted molar refractivity (Wildman–Crippen MR) is 243 cm³/mol. The maximum Gasteiger partial charge on any atom is 0.286 e. The van der Waals surface area contributed by atoms with Crippen molar-refractivity contribution in [2.75, 3.05) is 80.5 Å². The lowest BCUT2D eigenvalue weighted by atomic mass is 10.1. The average molecular weight is 860 g/mol. The summed E-state index contributed by atoms with van der Waals surface area (Å²) < 4.78 is 1.76. The highest BCUT2D eigenvalue weighted by Gasteiger charge is 2.18. The molecule has 0 spiro atoms. The summed E-state index contributed by atoms with van der Waals surface area (Å²) in [5.41, 5.74) is 4.82. The Labute approximate surface area is 359 Å². The van der Waals surface area contributed by atoms with Crippen molar-refractivity contribution in [3.63, 3.8) is 0 Å². The lowest BCUT2D eigenvalue weighted by Gasteiger charge is -2.22. The summed E-state index contributed by atoms with van der Waals surface area (Å²) in [5, 5.41) is 42.7. The molecule has 0 aliphatic carbocycles. The van der Waals surface area contributed by atoms with E-state index in [-0.39, 0.29) is 56.9 Å². The van der Waals surface area contributed by atoms with E-state index >= 15 is 0 Å². The van der Waals surface area contributed by atoms with Crippen molar-refractivity contribution < 1.29 is 44.2 Å². The number of allylic oxidation sites excluding steroid dienone is 4. The first-order valence-corrected chi connectivity index (χ1v) is 21.8. The Morgan fingerprint density at radius 1 is 0.700 bits per heavy atom. The molecule has 6 N–H and O–H groups in total. The molecule has 0 saturated heterocycles. The second-order valence-electron chi connectivity index (χ2n) is 13.0. The maximum atomic E-state index is 13.0. The Morgan fingerprint density at radius 3 is 1.72 bits per heavy atom. The second-order valence-corrected chi connectivity index (χ2v) is 15.5. The zero-order chi connectivity index (χ0) is 43.4. The maximum absolute atomic E-state index is 13.0. The van der Waals surface area contributed by atoms with Gasteiger partial charge in [0.25, 0.3) is 5.91 Å². The number of nitrogens with one attached hydrogen (secondary N) is 2. The fourth-order valence-corrected chi connectivity index (χ4v) is 7.85. The quantitative estimate of drug-likeness (QED) is 0.0149. The third kappa shape index (κ3) is 18.3. The molecule has 0 radical (unpaired) electrons. The summed E-state index contributed by atoms with van der Waals surface area (Å²) in [4.78, 5) is 57.5. The van der Waals surface area contributed by atoms with Crippen molar-refractivity contribution in [2.24, 2.45) is 4.99 Å². The van der Waals surface area contributed by atoms with Crippen molar-refractivity contribution >= 4 is 81.3 Å². The normalized spacial score (nSPS) is 12.7. The molecule has 0 aliphatic heterocycles. The molecule has 0 saturated carbocycles. The molecule has 60 heavy (non-hydrogen) atoms. The average Bonchev–Trinajstić information content (AvgIpc) is 3.26. The summed E-state index contributed by atoms with van der Waals surface area (Å²) >= 11 is 0. The van der Waals surface area contributed by atoms with E-state index in [1.165, 1.54) is 21.6 Å². The number of aliphatic imine (C=N–C) groups is 1. The van der Waals surface area contributed by atoms with Gasteiger partial charge < -0.3 is 50.4 Å². The highest BCUT2D eigenvalue weighted by Crippen LogP contribution is 2.22. The molecule has 2 unspecified atom stereocenters. The van der Waals surface area contributed by atoms with E-state index in [2.05, 4.69) is 22.2 Å². The third-order valence-electron chi connectivity index (χ3n) is 8.59. The minimum Gasteiger partial charge on any atom is -0.395 e. The predicted octanol–water partition coefficient (Wildman–Crippen LogP) is 2.37. The highest BCUT2D eigenvalue weighted by molar-refractivity contribution is 8.76. The number of anilines is 2. The van der Waals surface area contributed by atoms with E-state index in [0.717, 1.165) is 28.2 Å². The number of pyridine rings is 1. The molecule has 0 aliphatic rings. The molecule has 2 atom stereocenters. The number of aromatic nitrogens is 1. The molecule has 2 aromatic carbocycles. The summed E-state index contributed by atoms with van der Waals surface area (Å²) in [6.45, 7) is 4.97. The number of aliphatic hydroxyl groups is 4. The van der Waals surface area contributed by atoms with Gasteiger partial charge in [0.15, 0.2) is 6.20 Å². The van der Waals surface area contributed by atoms with Crippen LogP contribution in [0, 0.1) is 0 Å². The van der Waals surface area contributed by atoms with Gasteiger partial charge in [-0.25, -0.2) is 0 Å². The van der Waals surface area contributed by atoms with Crippen LogP contribution in [0.3, 0.4) is 0 Å². The van der Waals surface area contributed by atoms with Crippen LogP contribution < -0.4 is 25.0 Å². The lowest BCUT2D eigenvalue weighted by molar-refractivity contribution is -0.686. The minimum atomic E-state index is -0.793. The van der Waals surface area contributed by atoms with E-state index in [4.69, 9.17) is 0 Å². The fraction of sp³-hybridized carbons (Fsp3) is 0.318. The Hall–Kier alpha value is -5.36. The van der Waals surface area contributed by atoms with Crippen LogP contribution in [-0.4, -0.2) is 133 Å². The number of nitrogens with zero attached hydrogens (tertiary/aromatic N) is 4. The lowest BCUT2D eigenvalue weighted by Crippen LogP contribution is -2.48. The number of aldehydes is 2. The molecule has 3 aromatic rings. The number of rotatable bonds is 29. The van der Waals surface area contributed by atoms with Gasteiger partial charge >= 0.3 is 0 Å². The number of benzene rings is 2. The van der Waals surface area contributed by atoms with Crippen LogP contribution in [0.15, 0.2) is 109 Å².